The summed E-state index contributed by atoms with van der Waals surface area (Å²) >= 11 is 1.36. The van der Waals surface area contributed by atoms with Crippen LogP contribution in [0.2, 0.25) is 0 Å². The van der Waals surface area contributed by atoms with Crippen molar-refractivity contribution in [3.8, 4) is 0 Å². The fraction of sp³-hybridized carbons (Fsp3) is 0.176. The number of rotatable bonds is 6. The molecule has 2 aromatic carbocycles. The van der Waals surface area contributed by atoms with Gasteiger partial charge in [-0.2, -0.15) is 0 Å². The molecule has 0 aliphatic rings. The highest BCUT2D eigenvalue weighted by Gasteiger charge is 2.12. The standard InChI is InChI=1S/C17H16O4S/c1-2-11-5-8-15(14(9-11)17(20)21)22-13-6-3-12(4-7-13)10-16(18)19/h3-9H,2,10H2,1H3,(H,18,19)(H,20,21). The van der Waals surface area contributed by atoms with Gasteiger partial charge >= 0.3 is 11.9 Å². The summed E-state index contributed by atoms with van der Waals surface area (Å²) in [7, 11) is 0. The van der Waals surface area contributed by atoms with Crippen molar-refractivity contribution in [3.05, 3.63) is 59.2 Å². The molecule has 0 saturated carbocycles. The predicted octanol–water partition coefficient (Wildman–Crippen LogP) is 3.73. The first-order chi connectivity index (χ1) is 10.5. The van der Waals surface area contributed by atoms with E-state index in [4.69, 9.17) is 5.11 Å². The molecule has 2 N–H and O–H groups in total. The van der Waals surface area contributed by atoms with Crippen molar-refractivity contribution in [1.82, 2.24) is 0 Å². The van der Waals surface area contributed by atoms with E-state index in [9.17, 15) is 14.7 Å². The number of benzene rings is 2. The maximum absolute atomic E-state index is 11.4. The van der Waals surface area contributed by atoms with Crippen LogP contribution in [0.15, 0.2) is 52.3 Å². The first kappa shape index (κ1) is 16.1. The van der Waals surface area contributed by atoms with E-state index in [1.165, 1.54) is 11.8 Å². The first-order valence-corrected chi connectivity index (χ1v) is 7.66. The highest BCUT2D eigenvalue weighted by molar-refractivity contribution is 7.99. The minimum atomic E-state index is -0.944. The molecule has 0 unspecified atom stereocenters. The molecular weight excluding hydrogens is 300 g/mol. The molecular formula is C17H16O4S. The number of aromatic carboxylic acids is 1. The van der Waals surface area contributed by atoms with E-state index in [0.717, 1.165) is 22.4 Å². The van der Waals surface area contributed by atoms with E-state index in [0.29, 0.717) is 10.5 Å². The molecule has 0 fully saturated rings. The summed E-state index contributed by atoms with van der Waals surface area (Å²) in [5.74, 6) is -1.82. The van der Waals surface area contributed by atoms with Gasteiger partial charge in [-0.05, 0) is 41.8 Å². The number of hydrogen-bond acceptors (Lipinski definition) is 3. The lowest BCUT2D eigenvalue weighted by Crippen LogP contribution is -2.00. The van der Waals surface area contributed by atoms with Crippen molar-refractivity contribution in [2.24, 2.45) is 0 Å². The number of hydrogen-bond donors (Lipinski definition) is 2. The lowest BCUT2D eigenvalue weighted by Gasteiger charge is -2.08. The lowest BCUT2D eigenvalue weighted by atomic mass is 10.1. The Hall–Kier alpha value is -2.27. The van der Waals surface area contributed by atoms with E-state index in [2.05, 4.69) is 0 Å². The summed E-state index contributed by atoms with van der Waals surface area (Å²) in [5, 5.41) is 18.1. The highest BCUT2D eigenvalue weighted by atomic mass is 32.2. The summed E-state index contributed by atoms with van der Waals surface area (Å²) in [6.07, 6.45) is 0.769. The van der Waals surface area contributed by atoms with E-state index < -0.39 is 11.9 Å². The highest BCUT2D eigenvalue weighted by Crippen LogP contribution is 2.31. The van der Waals surface area contributed by atoms with Gasteiger partial charge in [0.25, 0.3) is 0 Å². The number of aryl methyl sites for hydroxylation is 1. The molecule has 0 saturated heterocycles. The van der Waals surface area contributed by atoms with Gasteiger partial charge in [-0.3, -0.25) is 4.79 Å². The number of carbonyl (C=O) groups is 2. The van der Waals surface area contributed by atoms with Gasteiger partial charge in [0, 0.05) is 9.79 Å². The van der Waals surface area contributed by atoms with Crippen molar-refractivity contribution in [3.63, 3.8) is 0 Å². The van der Waals surface area contributed by atoms with Crippen LogP contribution in [-0.2, 0) is 17.6 Å². The number of carboxylic acid groups (broad SMARTS) is 2. The van der Waals surface area contributed by atoms with Gasteiger partial charge in [0.2, 0.25) is 0 Å². The molecule has 0 atom stereocenters. The van der Waals surface area contributed by atoms with E-state index >= 15 is 0 Å². The minimum Gasteiger partial charge on any atom is -0.481 e. The quantitative estimate of drug-likeness (QED) is 0.849. The van der Waals surface area contributed by atoms with Crippen molar-refractivity contribution >= 4 is 23.7 Å². The lowest BCUT2D eigenvalue weighted by molar-refractivity contribution is -0.136. The fourth-order valence-electron chi connectivity index (χ4n) is 2.03. The molecule has 5 heteroatoms. The largest absolute Gasteiger partial charge is 0.481 e. The Kier molecular flexibility index (Phi) is 5.22. The topological polar surface area (TPSA) is 74.6 Å². The molecule has 0 bridgehead atoms. The summed E-state index contributed by atoms with van der Waals surface area (Å²) < 4.78 is 0. The van der Waals surface area contributed by atoms with Gasteiger partial charge in [-0.25, -0.2) is 4.79 Å². The smallest absolute Gasteiger partial charge is 0.336 e. The van der Waals surface area contributed by atoms with Crippen LogP contribution in [0.3, 0.4) is 0 Å². The first-order valence-electron chi connectivity index (χ1n) is 6.84. The normalized spacial score (nSPS) is 10.4. The Balaban J connectivity index is 2.23. The minimum absolute atomic E-state index is 0.0173. The Morgan fingerprint density at radius 2 is 1.64 bits per heavy atom. The molecule has 0 aliphatic heterocycles. The molecule has 22 heavy (non-hydrogen) atoms. The Labute approximate surface area is 132 Å². The third-order valence-electron chi connectivity index (χ3n) is 3.19. The second-order valence-electron chi connectivity index (χ2n) is 4.81. The second-order valence-corrected chi connectivity index (χ2v) is 5.92. The van der Waals surface area contributed by atoms with E-state index in [1.54, 1.807) is 18.2 Å². The molecule has 0 aliphatic carbocycles. The van der Waals surface area contributed by atoms with Crippen molar-refractivity contribution < 1.29 is 19.8 Å². The monoisotopic (exact) mass is 316 g/mol. The van der Waals surface area contributed by atoms with Crippen LogP contribution in [-0.4, -0.2) is 22.2 Å². The summed E-state index contributed by atoms with van der Waals surface area (Å²) in [6.45, 7) is 1.98. The van der Waals surface area contributed by atoms with Gasteiger partial charge in [-0.1, -0.05) is 36.9 Å². The zero-order chi connectivity index (χ0) is 16.1. The summed E-state index contributed by atoms with van der Waals surface area (Å²) in [6, 6.07) is 12.5. The predicted molar refractivity (Wildman–Crippen MR) is 84.7 cm³/mol. The maximum atomic E-state index is 11.4. The number of carboxylic acids is 2. The average molecular weight is 316 g/mol. The van der Waals surface area contributed by atoms with Gasteiger partial charge in [0.1, 0.15) is 0 Å². The molecule has 2 rings (SSSR count). The Morgan fingerprint density at radius 3 is 2.18 bits per heavy atom. The van der Waals surface area contributed by atoms with Crippen molar-refractivity contribution in [2.45, 2.75) is 29.6 Å². The molecule has 4 nitrogen and oxygen atoms in total. The van der Waals surface area contributed by atoms with Crippen LogP contribution in [0.25, 0.3) is 0 Å². The van der Waals surface area contributed by atoms with Crippen LogP contribution < -0.4 is 0 Å². The van der Waals surface area contributed by atoms with Crippen LogP contribution in [0.5, 0.6) is 0 Å². The summed E-state index contributed by atoms with van der Waals surface area (Å²) in [5.41, 5.74) is 1.99. The van der Waals surface area contributed by atoms with E-state index in [1.807, 2.05) is 31.2 Å². The summed E-state index contributed by atoms with van der Waals surface area (Å²) in [4.78, 5) is 23.6. The molecule has 2 aromatic rings. The third kappa shape index (κ3) is 4.11. The Morgan fingerprint density at radius 1 is 1.00 bits per heavy atom. The number of aliphatic carboxylic acids is 1. The zero-order valence-electron chi connectivity index (χ0n) is 12.1. The third-order valence-corrected chi connectivity index (χ3v) is 4.27. The molecule has 114 valence electrons. The molecule has 0 aromatic heterocycles. The van der Waals surface area contributed by atoms with Gasteiger partial charge in [0.05, 0.1) is 12.0 Å². The van der Waals surface area contributed by atoms with Gasteiger partial charge in [0.15, 0.2) is 0 Å². The molecule has 0 radical (unpaired) electrons. The zero-order valence-corrected chi connectivity index (χ0v) is 12.9. The second kappa shape index (κ2) is 7.13. The molecule has 0 heterocycles. The fourth-order valence-corrected chi connectivity index (χ4v) is 2.95. The SMILES string of the molecule is CCc1ccc(Sc2ccc(CC(=O)O)cc2)c(C(=O)O)c1. The molecule has 0 amide bonds. The van der Waals surface area contributed by atoms with Crippen molar-refractivity contribution in [1.29, 1.82) is 0 Å². The van der Waals surface area contributed by atoms with Crippen LogP contribution in [0, 0.1) is 0 Å². The van der Waals surface area contributed by atoms with Crippen LogP contribution in [0.4, 0.5) is 0 Å². The van der Waals surface area contributed by atoms with Crippen LogP contribution >= 0.6 is 11.8 Å². The average Bonchev–Trinajstić information content (AvgIpc) is 2.49. The van der Waals surface area contributed by atoms with Gasteiger partial charge in [-0.15, -0.1) is 0 Å². The van der Waals surface area contributed by atoms with E-state index in [-0.39, 0.29) is 6.42 Å². The van der Waals surface area contributed by atoms with Crippen molar-refractivity contribution in [2.75, 3.05) is 0 Å². The Bertz CT molecular complexity index is 692. The molecule has 0 spiro atoms. The van der Waals surface area contributed by atoms with Crippen LogP contribution in [0.1, 0.15) is 28.4 Å². The maximum Gasteiger partial charge on any atom is 0.336 e. The van der Waals surface area contributed by atoms with Gasteiger partial charge < -0.3 is 10.2 Å².